The highest BCUT2D eigenvalue weighted by molar-refractivity contribution is 8.00. The Balaban J connectivity index is 1.85. The Morgan fingerprint density at radius 3 is 2.50 bits per heavy atom. The van der Waals surface area contributed by atoms with Gasteiger partial charge in [0.25, 0.3) is 0 Å². The largest absolute Gasteiger partial charge is 0.298 e. The fourth-order valence-corrected chi connectivity index (χ4v) is 3.57. The zero-order valence-corrected chi connectivity index (χ0v) is 15.7. The minimum Gasteiger partial charge on any atom is -0.298 e. The molecular weight excluding hydrogens is 342 g/mol. The van der Waals surface area contributed by atoms with Crippen LogP contribution in [0.4, 0.5) is 0 Å². The molecule has 3 rings (SSSR count). The molecule has 1 heterocycles. The maximum atomic E-state index is 12.7. The van der Waals surface area contributed by atoms with Gasteiger partial charge in [0.1, 0.15) is 0 Å². The Kier molecular flexibility index (Phi) is 5.68. The van der Waals surface area contributed by atoms with E-state index in [4.69, 9.17) is 0 Å². The van der Waals surface area contributed by atoms with Gasteiger partial charge < -0.3 is 0 Å². The molecule has 0 amide bonds. The third kappa shape index (κ3) is 3.94. The van der Waals surface area contributed by atoms with Gasteiger partial charge in [-0.25, -0.2) is 0 Å². The minimum atomic E-state index is -0.255. The third-order valence-corrected chi connectivity index (χ3v) is 5.13. The number of nitrogens with zero attached hydrogens (tertiary/aromatic N) is 3. The average Bonchev–Trinajstić information content (AvgIpc) is 3.05. The van der Waals surface area contributed by atoms with Gasteiger partial charge in [-0.3, -0.25) is 9.36 Å². The lowest BCUT2D eigenvalue weighted by molar-refractivity contribution is 0.0994. The van der Waals surface area contributed by atoms with Crippen LogP contribution in [0.15, 0.2) is 72.4 Å². The number of Topliss-reactive ketones (excluding diaryl/α,β-unsaturated/α-hetero) is 1. The molecule has 0 saturated heterocycles. The van der Waals surface area contributed by atoms with Crippen LogP contribution in [0, 0.1) is 6.92 Å². The van der Waals surface area contributed by atoms with Crippen LogP contribution in [-0.4, -0.2) is 25.8 Å². The highest BCUT2D eigenvalue weighted by Crippen LogP contribution is 2.28. The molecule has 0 saturated carbocycles. The first-order valence-corrected chi connectivity index (χ1v) is 9.35. The predicted octanol–water partition coefficient (Wildman–Crippen LogP) is 4.80. The third-order valence-electron chi connectivity index (χ3n) is 4.05. The summed E-state index contributed by atoms with van der Waals surface area (Å²) in [4.78, 5) is 12.7. The molecule has 2 aromatic carbocycles. The van der Waals surface area contributed by atoms with E-state index in [0.29, 0.717) is 12.1 Å². The normalized spacial score (nSPS) is 11.9. The minimum absolute atomic E-state index is 0.0874. The van der Waals surface area contributed by atoms with E-state index in [-0.39, 0.29) is 11.0 Å². The van der Waals surface area contributed by atoms with E-state index in [9.17, 15) is 4.79 Å². The molecule has 0 bridgehead atoms. The lowest BCUT2D eigenvalue weighted by Gasteiger charge is -2.12. The lowest BCUT2D eigenvalue weighted by Crippen LogP contribution is -2.14. The molecule has 0 aliphatic carbocycles. The first-order valence-electron chi connectivity index (χ1n) is 8.47. The van der Waals surface area contributed by atoms with Gasteiger partial charge >= 0.3 is 0 Å². The maximum Gasteiger partial charge on any atom is 0.192 e. The molecule has 26 heavy (non-hydrogen) atoms. The summed E-state index contributed by atoms with van der Waals surface area (Å²) in [5.41, 5.74) is 2.85. The molecule has 1 unspecified atom stereocenters. The molecule has 4 nitrogen and oxygen atoms in total. The number of hydrogen-bond donors (Lipinski definition) is 0. The molecule has 132 valence electrons. The molecular formula is C21H21N3OS. The summed E-state index contributed by atoms with van der Waals surface area (Å²) in [6.45, 7) is 8.33. The van der Waals surface area contributed by atoms with Gasteiger partial charge in [-0.2, -0.15) is 0 Å². The summed E-state index contributed by atoms with van der Waals surface area (Å²) in [5.74, 6) is 0.868. The summed E-state index contributed by atoms with van der Waals surface area (Å²) < 4.78 is 1.99. The SMILES string of the molecule is C=CCn1c(SC(C)C(=O)c2ccc(C)cc2)nnc1-c1ccccc1. The molecule has 0 spiro atoms. The second-order valence-electron chi connectivity index (χ2n) is 6.06. The number of ketones is 1. The number of thioether (sulfide) groups is 1. The number of rotatable bonds is 7. The van der Waals surface area contributed by atoms with Crippen LogP contribution in [0.3, 0.4) is 0 Å². The monoisotopic (exact) mass is 363 g/mol. The zero-order valence-electron chi connectivity index (χ0n) is 14.9. The molecule has 3 aromatic rings. The van der Waals surface area contributed by atoms with Crippen molar-refractivity contribution in [3.05, 3.63) is 78.4 Å². The quantitative estimate of drug-likeness (QED) is 0.344. The topological polar surface area (TPSA) is 47.8 Å². The van der Waals surface area contributed by atoms with Crippen molar-refractivity contribution in [3.8, 4) is 11.4 Å². The Hall–Kier alpha value is -2.66. The first kappa shape index (κ1) is 18.1. The Labute approximate surface area is 158 Å². The predicted molar refractivity (Wildman–Crippen MR) is 106 cm³/mol. The van der Waals surface area contributed by atoms with Crippen molar-refractivity contribution in [2.24, 2.45) is 0 Å². The molecule has 1 atom stereocenters. The van der Waals surface area contributed by atoms with Gasteiger partial charge in [0.2, 0.25) is 0 Å². The number of carbonyl (C=O) groups is 1. The molecule has 1 aromatic heterocycles. The first-order chi connectivity index (χ1) is 12.6. The number of aryl methyl sites for hydroxylation is 1. The van der Waals surface area contributed by atoms with E-state index in [1.807, 2.05) is 79.1 Å². The second-order valence-corrected chi connectivity index (χ2v) is 7.37. The van der Waals surface area contributed by atoms with Crippen LogP contribution in [0.25, 0.3) is 11.4 Å². The van der Waals surface area contributed by atoms with Crippen molar-refractivity contribution >= 4 is 17.5 Å². The van der Waals surface area contributed by atoms with Crippen molar-refractivity contribution in [2.75, 3.05) is 0 Å². The van der Waals surface area contributed by atoms with Crippen molar-refractivity contribution < 1.29 is 4.79 Å². The highest BCUT2D eigenvalue weighted by Gasteiger charge is 2.21. The van der Waals surface area contributed by atoms with Crippen LogP contribution >= 0.6 is 11.8 Å². The van der Waals surface area contributed by atoms with Gasteiger partial charge in [-0.05, 0) is 13.8 Å². The fraction of sp³-hybridized carbons (Fsp3) is 0.190. The van der Waals surface area contributed by atoms with Gasteiger partial charge in [0.15, 0.2) is 16.8 Å². The van der Waals surface area contributed by atoms with E-state index in [1.165, 1.54) is 11.8 Å². The van der Waals surface area contributed by atoms with Crippen LogP contribution in [0.2, 0.25) is 0 Å². The highest BCUT2D eigenvalue weighted by atomic mass is 32.2. The van der Waals surface area contributed by atoms with Crippen molar-refractivity contribution in [3.63, 3.8) is 0 Å². The smallest absolute Gasteiger partial charge is 0.192 e. The average molecular weight is 363 g/mol. The van der Waals surface area contributed by atoms with Crippen molar-refractivity contribution in [1.29, 1.82) is 0 Å². The molecule has 0 aliphatic rings. The van der Waals surface area contributed by atoms with E-state index >= 15 is 0 Å². The standard InChI is InChI=1S/C21H21N3OS/c1-4-14-24-20(18-8-6-5-7-9-18)22-23-21(24)26-16(3)19(25)17-12-10-15(2)11-13-17/h4-13,16H,1,14H2,2-3H3. The summed E-state index contributed by atoms with van der Waals surface area (Å²) in [5, 5.41) is 9.12. The van der Waals surface area contributed by atoms with E-state index < -0.39 is 0 Å². The zero-order chi connectivity index (χ0) is 18.5. The summed E-state index contributed by atoms with van der Waals surface area (Å²) in [6, 6.07) is 17.6. The Morgan fingerprint density at radius 2 is 1.85 bits per heavy atom. The van der Waals surface area contributed by atoms with Crippen LogP contribution in [-0.2, 0) is 6.54 Å². The number of aromatic nitrogens is 3. The molecule has 0 radical (unpaired) electrons. The molecule has 0 fully saturated rings. The van der Waals surface area contributed by atoms with E-state index in [0.717, 1.165) is 22.1 Å². The van der Waals surface area contributed by atoms with Crippen LogP contribution in [0.5, 0.6) is 0 Å². The van der Waals surface area contributed by atoms with E-state index in [2.05, 4.69) is 16.8 Å². The van der Waals surface area contributed by atoms with Crippen LogP contribution < -0.4 is 0 Å². The summed E-state index contributed by atoms with van der Waals surface area (Å²) in [7, 11) is 0. The summed E-state index contributed by atoms with van der Waals surface area (Å²) >= 11 is 1.42. The van der Waals surface area contributed by atoms with Gasteiger partial charge in [0.05, 0.1) is 5.25 Å². The number of benzene rings is 2. The van der Waals surface area contributed by atoms with Crippen molar-refractivity contribution in [1.82, 2.24) is 14.8 Å². The number of hydrogen-bond acceptors (Lipinski definition) is 4. The Morgan fingerprint density at radius 1 is 1.15 bits per heavy atom. The molecule has 0 N–H and O–H groups in total. The second kappa shape index (κ2) is 8.15. The number of carbonyl (C=O) groups excluding carboxylic acids is 1. The van der Waals surface area contributed by atoms with Gasteiger partial charge in [-0.1, -0.05) is 78.0 Å². The van der Waals surface area contributed by atoms with Crippen LogP contribution in [0.1, 0.15) is 22.8 Å². The van der Waals surface area contributed by atoms with Crippen molar-refractivity contribution in [2.45, 2.75) is 30.8 Å². The van der Waals surface area contributed by atoms with Gasteiger partial charge in [0, 0.05) is 17.7 Å². The molecule has 0 aliphatic heterocycles. The van der Waals surface area contributed by atoms with E-state index in [1.54, 1.807) is 0 Å². The fourth-order valence-electron chi connectivity index (χ4n) is 2.63. The maximum absolute atomic E-state index is 12.7. The lowest BCUT2D eigenvalue weighted by atomic mass is 10.1. The summed E-state index contributed by atoms with van der Waals surface area (Å²) in [6.07, 6.45) is 1.81. The molecule has 5 heteroatoms. The number of allylic oxidation sites excluding steroid dienone is 1. The Bertz CT molecular complexity index is 901. The van der Waals surface area contributed by atoms with Gasteiger partial charge in [-0.15, -0.1) is 16.8 Å².